The molecular formula is C13H9Cl3N2O. The molecule has 0 unspecified atom stereocenters. The van der Waals surface area contributed by atoms with Crippen LogP contribution in [0, 0.1) is 6.92 Å². The fourth-order valence-electron chi connectivity index (χ4n) is 1.56. The number of aryl methyl sites for hydroxylation is 1. The van der Waals surface area contributed by atoms with E-state index in [-0.39, 0.29) is 11.1 Å². The minimum atomic E-state index is -0.345. The third kappa shape index (κ3) is 3.38. The van der Waals surface area contributed by atoms with Crippen LogP contribution in [-0.4, -0.2) is 10.9 Å². The first-order valence-electron chi connectivity index (χ1n) is 5.37. The predicted molar refractivity (Wildman–Crippen MR) is 78.4 cm³/mol. The molecule has 19 heavy (non-hydrogen) atoms. The molecule has 0 radical (unpaired) electrons. The number of nitrogens with zero attached hydrogens (tertiary/aromatic N) is 1. The van der Waals surface area contributed by atoms with Gasteiger partial charge in [-0.3, -0.25) is 4.79 Å². The van der Waals surface area contributed by atoms with Gasteiger partial charge in [-0.1, -0.05) is 40.9 Å². The summed E-state index contributed by atoms with van der Waals surface area (Å²) in [5.74, 6) is -0.345. The lowest BCUT2D eigenvalue weighted by molar-refractivity contribution is 0.102. The number of aromatic nitrogens is 1. The van der Waals surface area contributed by atoms with E-state index >= 15 is 0 Å². The van der Waals surface area contributed by atoms with E-state index in [4.69, 9.17) is 34.8 Å². The van der Waals surface area contributed by atoms with Crippen molar-refractivity contribution in [3.8, 4) is 0 Å². The zero-order chi connectivity index (χ0) is 14.0. The average Bonchev–Trinajstić information content (AvgIpc) is 2.32. The molecule has 0 saturated carbocycles. The highest BCUT2D eigenvalue weighted by atomic mass is 35.5. The topological polar surface area (TPSA) is 42.0 Å². The van der Waals surface area contributed by atoms with E-state index in [9.17, 15) is 4.79 Å². The van der Waals surface area contributed by atoms with Crippen LogP contribution in [0.1, 0.15) is 16.1 Å². The number of hydrogen-bond donors (Lipinski definition) is 1. The van der Waals surface area contributed by atoms with Gasteiger partial charge in [-0.25, -0.2) is 4.98 Å². The molecule has 0 aliphatic rings. The summed E-state index contributed by atoms with van der Waals surface area (Å²) >= 11 is 17.8. The second kappa shape index (κ2) is 5.78. The molecular weight excluding hydrogens is 307 g/mol. The monoisotopic (exact) mass is 314 g/mol. The molecule has 2 rings (SSSR count). The van der Waals surface area contributed by atoms with Crippen LogP contribution in [0.2, 0.25) is 15.2 Å². The SMILES string of the molecule is Cc1cc(C(=O)Nc2c(Cl)cccc2Cl)cc(Cl)n1. The first-order valence-corrected chi connectivity index (χ1v) is 6.50. The second-order valence-corrected chi connectivity index (χ2v) is 5.07. The fraction of sp³-hybridized carbons (Fsp3) is 0.0769. The van der Waals surface area contributed by atoms with Gasteiger partial charge in [0.15, 0.2) is 0 Å². The Hall–Kier alpha value is -1.29. The van der Waals surface area contributed by atoms with Gasteiger partial charge in [0.2, 0.25) is 0 Å². The molecule has 0 aliphatic heterocycles. The van der Waals surface area contributed by atoms with E-state index in [1.54, 1.807) is 31.2 Å². The number of anilines is 1. The number of nitrogens with one attached hydrogen (secondary N) is 1. The number of carbonyl (C=O) groups excluding carboxylic acids is 1. The quantitative estimate of drug-likeness (QED) is 0.823. The largest absolute Gasteiger partial charge is 0.319 e. The molecule has 0 saturated heterocycles. The summed E-state index contributed by atoms with van der Waals surface area (Å²) in [6, 6.07) is 8.11. The Kier molecular flexibility index (Phi) is 4.30. The van der Waals surface area contributed by atoms with Gasteiger partial charge in [-0.15, -0.1) is 0 Å². The highest BCUT2D eigenvalue weighted by Crippen LogP contribution is 2.30. The Morgan fingerprint density at radius 1 is 1.16 bits per heavy atom. The van der Waals surface area contributed by atoms with Crippen LogP contribution < -0.4 is 5.32 Å². The number of pyridine rings is 1. The van der Waals surface area contributed by atoms with Crippen LogP contribution in [-0.2, 0) is 0 Å². The van der Waals surface area contributed by atoms with Gasteiger partial charge in [0.05, 0.1) is 15.7 Å². The number of hydrogen-bond acceptors (Lipinski definition) is 2. The van der Waals surface area contributed by atoms with Crippen LogP contribution in [0.4, 0.5) is 5.69 Å². The molecule has 0 spiro atoms. The molecule has 98 valence electrons. The first-order chi connectivity index (χ1) is 8.97. The summed E-state index contributed by atoms with van der Waals surface area (Å²) in [6.07, 6.45) is 0. The summed E-state index contributed by atoms with van der Waals surface area (Å²) in [5.41, 5.74) is 1.43. The van der Waals surface area contributed by atoms with Gasteiger partial charge in [-0.05, 0) is 31.2 Å². The zero-order valence-corrected chi connectivity index (χ0v) is 12.1. The number of halogens is 3. The third-order valence-electron chi connectivity index (χ3n) is 2.39. The molecule has 1 heterocycles. The van der Waals surface area contributed by atoms with E-state index in [2.05, 4.69) is 10.3 Å². The van der Waals surface area contributed by atoms with Crippen molar-refractivity contribution in [1.82, 2.24) is 4.98 Å². The van der Waals surface area contributed by atoms with E-state index in [1.807, 2.05) is 0 Å². The van der Waals surface area contributed by atoms with E-state index in [0.717, 1.165) is 0 Å². The highest BCUT2D eigenvalue weighted by Gasteiger charge is 2.12. The Bertz CT molecular complexity index is 603. The number of rotatable bonds is 2. The minimum absolute atomic E-state index is 0.260. The molecule has 2 aromatic rings. The average molecular weight is 316 g/mol. The molecule has 1 aromatic heterocycles. The van der Waals surface area contributed by atoms with E-state index < -0.39 is 0 Å². The molecule has 1 N–H and O–H groups in total. The van der Waals surface area contributed by atoms with Crippen molar-refractivity contribution in [3.63, 3.8) is 0 Å². The van der Waals surface area contributed by atoms with Crippen molar-refractivity contribution in [1.29, 1.82) is 0 Å². The standard InChI is InChI=1S/C13H9Cl3N2O/c1-7-5-8(6-11(16)17-7)13(19)18-12-9(14)3-2-4-10(12)15/h2-6H,1H3,(H,18,19). The number of carbonyl (C=O) groups is 1. The van der Waals surface area contributed by atoms with Crippen molar-refractivity contribution in [2.45, 2.75) is 6.92 Å². The van der Waals surface area contributed by atoms with Crippen molar-refractivity contribution in [3.05, 3.63) is 56.8 Å². The molecule has 0 bridgehead atoms. The Morgan fingerprint density at radius 3 is 2.37 bits per heavy atom. The van der Waals surface area contributed by atoms with Crippen LogP contribution in [0.3, 0.4) is 0 Å². The van der Waals surface area contributed by atoms with Gasteiger partial charge < -0.3 is 5.32 Å². The lowest BCUT2D eigenvalue weighted by Gasteiger charge is -2.09. The Morgan fingerprint density at radius 2 is 1.79 bits per heavy atom. The summed E-state index contributed by atoms with van der Waals surface area (Å²) < 4.78 is 0. The van der Waals surface area contributed by atoms with Gasteiger partial charge in [-0.2, -0.15) is 0 Å². The smallest absolute Gasteiger partial charge is 0.255 e. The maximum atomic E-state index is 12.1. The second-order valence-electron chi connectivity index (χ2n) is 3.87. The van der Waals surface area contributed by atoms with Crippen molar-refractivity contribution < 1.29 is 4.79 Å². The maximum absolute atomic E-state index is 12.1. The number of para-hydroxylation sites is 1. The highest BCUT2D eigenvalue weighted by molar-refractivity contribution is 6.40. The Balaban J connectivity index is 2.31. The predicted octanol–water partition coefficient (Wildman–Crippen LogP) is 4.60. The molecule has 0 atom stereocenters. The van der Waals surface area contributed by atoms with E-state index in [1.165, 1.54) is 6.07 Å². The van der Waals surface area contributed by atoms with E-state index in [0.29, 0.717) is 27.0 Å². The van der Waals surface area contributed by atoms with Crippen LogP contribution >= 0.6 is 34.8 Å². The normalized spacial score (nSPS) is 10.3. The molecule has 1 amide bonds. The van der Waals surface area contributed by atoms with Gasteiger partial charge >= 0.3 is 0 Å². The fourth-order valence-corrected chi connectivity index (χ4v) is 2.30. The van der Waals surface area contributed by atoms with Gasteiger partial charge in [0, 0.05) is 11.3 Å². The molecule has 6 heteroatoms. The van der Waals surface area contributed by atoms with Crippen molar-refractivity contribution in [2.75, 3.05) is 5.32 Å². The van der Waals surface area contributed by atoms with Crippen molar-refractivity contribution >= 4 is 46.4 Å². The van der Waals surface area contributed by atoms with Crippen LogP contribution in [0.25, 0.3) is 0 Å². The van der Waals surface area contributed by atoms with Crippen LogP contribution in [0.15, 0.2) is 30.3 Å². The molecule has 1 aromatic carbocycles. The third-order valence-corrected chi connectivity index (χ3v) is 3.21. The number of amides is 1. The summed E-state index contributed by atoms with van der Waals surface area (Å²) in [4.78, 5) is 16.1. The Labute approximate surface area is 125 Å². The summed E-state index contributed by atoms with van der Waals surface area (Å²) in [6.45, 7) is 1.76. The molecule has 0 aliphatic carbocycles. The van der Waals surface area contributed by atoms with Gasteiger partial charge in [0.1, 0.15) is 5.15 Å². The summed E-state index contributed by atoms with van der Waals surface area (Å²) in [7, 11) is 0. The lowest BCUT2D eigenvalue weighted by Crippen LogP contribution is -2.13. The number of benzene rings is 1. The lowest BCUT2D eigenvalue weighted by atomic mass is 10.2. The maximum Gasteiger partial charge on any atom is 0.255 e. The van der Waals surface area contributed by atoms with Gasteiger partial charge in [0.25, 0.3) is 5.91 Å². The summed E-state index contributed by atoms with van der Waals surface area (Å²) in [5, 5.41) is 3.67. The molecule has 3 nitrogen and oxygen atoms in total. The van der Waals surface area contributed by atoms with Crippen LogP contribution in [0.5, 0.6) is 0 Å². The minimum Gasteiger partial charge on any atom is -0.319 e. The molecule has 0 fully saturated rings. The van der Waals surface area contributed by atoms with Crippen molar-refractivity contribution in [2.24, 2.45) is 0 Å². The zero-order valence-electron chi connectivity index (χ0n) is 9.88. The first kappa shape index (κ1) is 14.1.